The first-order valence-corrected chi connectivity index (χ1v) is 10.8. The number of piperazine rings is 1. The molecule has 1 spiro atoms. The lowest BCUT2D eigenvalue weighted by Crippen LogP contribution is -2.61. The second-order valence-electron chi connectivity index (χ2n) is 8.47. The van der Waals surface area contributed by atoms with Crippen LogP contribution in [0.25, 0.3) is 0 Å². The third kappa shape index (κ3) is 3.69. The van der Waals surface area contributed by atoms with Crippen LogP contribution < -0.4 is 10.2 Å². The Morgan fingerprint density at radius 2 is 1.91 bits per heavy atom. The van der Waals surface area contributed by atoms with Crippen LogP contribution in [0.4, 0.5) is 25.5 Å². The highest BCUT2D eigenvalue weighted by atomic mass is 19.1. The van der Waals surface area contributed by atoms with E-state index in [2.05, 4.69) is 20.2 Å². The van der Waals surface area contributed by atoms with Gasteiger partial charge in [-0.1, -0.05) is 0 Å². The van der Waals surface area contributed by atoms with Crippen molar-refractivity contribution in [2.45, 2.75) is 31.4 Å². The highest BCUT2D eigenvalue weighted by molar-refractivity contribution is 5.89. The summed E-state index contributed by atoms with van der Waals surface area (Å²) in [4.78, 5) is 39.7. The van der Waals surface area contributed by atoms with E-state index >= 15 is 0 Å². The van der Waals surface area contributed by atoms with Crippen molar-refractivity contribution in [1.29, 1.82) is 0 Å². The van der Waals surface area contributed by atoms with Gasteiger partial charge in [0, 0.05) is 57.4 Å². The molecule has 3 saturated heterocycles. The van der Waals surface area contributed by atoms with Gasteiger partial charge in [0.25, 0.3) is 0 Å². The molecule has 1 atom stereocenters. The van der Waals surface area contributed by atoms with Gasteiger partial charge in [-0.25, -0.2) is 23.9 Å². The number of carbonyl (C=O) groups is 2. The maximum atomic E-state index is 13.1. The van der Waals surface area contributed by atoms with Gasteiger partial charge in [0.1, 0.15) is 23.1 Å². The normalized spacial score (nSPS) is 22.0. The van der Waals surface area contributed by atoms with Crippen molar-refractivity contribution >= 4 is 23.6 Å². The zero-order valence-corrected chi connectivity index (χ0v) is 17.8. The number of nitrogens with one attached hydrogen (secondary N) is 1. The quantitative estimate of drug-likeness (QED) is 0.772. The van der Waals surface area contributed by atoms with E-state index < -0.39 is 5.60 Å². The number of benzene rings is 1. The minimum atomic E-state index is -0.621. The predicted octanol–water partition coefficient (Wildman–Crippen LogP) is 2.63. The molecular weight excluding hydrogens is 415 g/mol. The van der Waals surface area contributed by atoms with E-state index in [0.717, 1.165) is 11.6 Å². The van der Waals surface area contributed by atoms with E-state index in [1.54, 1.807) is 16.0 Å². The van der Waals surface area contributed by atoms with Gasteiger partial charge < -0.3 is 19.9 Å². The number of halogens is 1. The summed E-state index contributed by atoms with van der Waals surface area (Å²) in [7, 11) is 0. The van der Waals surface area contributed by atoms with Gasteiger partial charge in [0.15, 0.2) is 0 Å². The van der Waals surface area contributed by atoms with Gasteiger partial charge in [0.2, 0.25) is 0 Å². The topological polar surface area (TPSA) is 90.9 Å². The Morgan fingerprint density at radius 1 is 1.16 bits per heavy atom. The molecule has 9 nitrogen and oxygen atoms in total. The Labute approximate surface area is 185 Å². The van der Waals surface area contributed by atoms with Crippen molar-refractivity contribution < 1.29 is 18.7 Å². The van der Waals surface area contributed by atoms with Crippen LogP contribution >= 0.6 is 0 Å². The van der Waals surface area contributed by atoms with Crippen LogP contribution in [0.3, 0.4) is 0 Å². The number of aryl methyl sites for hydroxylation is 1. The van der Waals surface area contributed by atoms with E-state index in [1.807, 2.05) is 13.0 Å². The molecule has 4 heterocycles. The summed E-state index contributed by atoms with van der Waals surface area (Å²) >= 11 is 0. The molecule has 168 valence electrons. The predicted molar refractivity (Wildman–Crippen MR) is 115 cm³/mol. The number of aromatic nitrogens is 2. The number of hydrogen-bond acceptors (Lipinski definition) is 6. The van der Waals surface area contributed by atoms with Crippen LogP contribution in [0.1, 0.15) is 18.7 Å². The number of piperidine rings is 1. The van der Waals surface area contributed by atoms with Crippen molar-refractivity contribution in [1.82, 2.24) is 19.8 Å². The Morgan fingerprint density at radius 3 is 2.62 bits per heavy atom. The number of urea groups is 1. The van der Waals surface area contributed by atoms with Crippen LogP contribution in [0.2, 0.25) is 0 Å². The molecule has 10 heteroatoms. The average Bonchev–Trinajstić information content (AvgIpc) is 3.06. The zero-order valence-electron chi connectivity index (χ0n) is 17.8. The summed E-state index contributed by atoms with van der Waals surface area (Å²) in [5.74, 6) is 1.23. The number of amides is 3. The molecule has 3 fully saturated rings. The fraction of sp³-hybridized carbons (Fsp3) is 0.455. The van der Waals surface area contributed by atoms with Crippen LogP contribution in [0.15, 0.2) is 36.5 Å². The van der Waals surface area contributed by atoms with Crippen LogP contribution in [0, 0.1) is 12.7 Å². The van der Waals surface area contributed by atoms with Crippen molar-refractivity contribution in [3.05, 3.63) is 48.2 Å². The Balaban J connectivity index is 1.27. The molecule has 2 aromatic rings. The standard InChI is InChI=1S/C22H25FN6O3/c1-15-24-9-6-19(25-15)27-10-7-22(8-11-27)18-14-28(12-13-29(18)21(31)32-22)20(30)26-17-4-2-16(23)3-5-17/h2-6,9,18H,7-8,10-14H2,1H3,(H,26,30). The number of hydrogen-bond donors (Lipinski definition) is 1. The number of fused-ring (bicyclic) bond motifs is 2. The summed E-state index contributed by atoms with van der Waals surface area (Å²) in [6.07, 6.45) is 2.77. The molecule has 1 aromatic carbocycles. The molecule has 0 aliphatic carbocycles. The van der Waals surface area contributed by atoms with Gasteiger partial charge in [-0.3, -0.25) is 4.90 Å². The van der Waals surface area contributed by atoms with E-state index in [-0.39, 0.29) is 24.0 Å². The average molecular weight is 440 g/mol. The lowest BCUT2D eigenvalue weighted by atomic mass is 9.83. The molecular formula is C22H25FN6O3. The first-order chi connectivity index (χ1) is 15.4. The summed E-state index contributed by atoms with van der Waals surface area (Å²) in [6.45, 7) is 4.51. The maximum Gasteiger partial charge on any atom is 0.410 e. The van der Waals surface area contributed by atoms with Gasteiger partial charge in [-0.15, -0.1) is 0 Å². The molecule has 1 unspecified atom stereocenters. The molecule has 0 radical (unpaired) electrons. The first kappa shape index (κ1) is 20.5. The second kappa shape index (κ2) is 7.92. The summed E-state index contributed by atoms with van der Waals surface area (Å²) in [5.41, 5.74) is -0.0921. The van der Waals surface area contributed by atoms with Crippen LogP contribution in [-0.4, -0.2) is 76.3 Å². The van der Waals surface area contributed by atoms with Gasteiger partial charge >= 0.3 is 12.1 Å². The molecule has 32 heavy (non-hydrogen) atoms. The Kier molecular flexibility index (Phi) is 5.07. The number of ether oxygens (including phenoxy) is 1. The highest BCUT2D eigenvalue weighted by Gasteiger charge is 2.57. The van der Waals surface area contributed by atoms with Gasteiger partial charge in [-0.05, 0) is 37.3 Å². The second-order valence-corrected chi connectivity index (χ2v) is 8.47. The molecule has 3 aliphatic rings. The van der Waals surface area contributed by atoms with Crippen molar-refractivity contribution in [2.24, 2.45) is 0 Å². The molecule has 3 amide bonds. The molecule has 1 N–H and O–H groups in total. The summed E-state index contributed by atoms with van der Waals surface area (Å²) in [5, 5.41) is 2.81. The van der Waals surface area contributed by atoms with E-state index in [4.69, 9.17) is 4.74 Å². The van der Waals surface area contributed by atoms with E-state index in [1.165, 1.54) is 24.3 Å². The fourth-order valence-corrected chi connectivity index (χ4v) is 4.84. The first-order valence-electron chi connectivity index (χ1n) is 10.8. The maximum absolute atomic E-state index is 13.1. The minimum Gasteiger partial charge on any atom is -0.440 e. The Hall–Kier alpha value is -3.43. The summed E-state index contributed by atoms with van der Waals surface area (Å²) < 4.78 is 19.1. The number of carbonyl (C=O) groups excluding carboxylic acids is 2. The number of rotatable bonds is 2. The highest BCUT2D eigenvalue weighted by Crippen LogP contribution is 2.41. The molecule has 0 bridgehead atoms. The van der Waals surface area contributed by atoms with Gasteiger partial charge in [-0.2, -0.15) is 0 Å². The molecule has 0 saturated carbocycles. The fourth-order valence-electron chi connectivity index (χ4n) is 4.84. The number of anilines is 2. The molecule has 1 aromatic heterocycles. The van der Waals surface area contributed by atoms with E-state index in [9.17, 15) is 14.0 Å². The molecule has 3 aliphatic heterocycles. The lowest BCUT2D eigenvalue weighted by Gasteiger charge is -2.45. The van der Waals surface area contributed by atoms with Crippen LogP contribution in [0.5, 0.6) is 0 Å². The lowest BCUT2D eigenvalue weighted by molar-refractivity contribution is 0.000748. The zero-order chi connectivity index (χ0) is 22.3. The third-order valence-electron chi connectivity index (χ3n) is 6.59. The Bertz CT molecular complexity index is 1020. The van der Waals surface area contributed by atoms with Crippen LogP contribution in [-0.2, 0) is 4.74 Å². The minimum absolute atomic E-state index is 0.197. The van der Waals surface area contributed by atoms with Crippen molar-refractivity contribution in [3.8, 4) is 0 Å². The smallest absolute Gasteiger partial charge is 0.410 e. The summed E-state index contributed by atoms with van der Waals surface area (Å²) in [6, 6.07) is 7.09. The van der Waals surface area contributed by atoms with Gasteiger partial charge in [0.05, 0.1) is 6.04 Å². The van der Waals surface area contributed by atoms with Crippen molar-refractivity contribution in [2.75, 3.05) is 42.9 Å². The monoisotopic (exact) mass is 440 g/mol. The SMILES string of the molecule is Cc1nccc(N2CCC3(CC2)OC(=O)N2CCN(C(=O)Nc4ccc(F)cc4)CC23)n1. The largest absolute Gasteiger partial charge is 0.440 e. The van der Waals surface area contributed by atoms with Crippen molar-refractivity contribution in [3.63, 3.8) is 0 Å². The molecule has 5 rings (SSSR count). The third-order valence-corrected chi connectivity index (χ3v) is 6.59. The van der Waals surface area contributed by atoms with E-state index in [0.29, 0.717) is 51.3 Å². The number of nitrogens with zero attached hydrogens (tertiary/aromatic N) is 5.